The molecule has 1 saturated carbocycles. The number of methoxy groups -OCH3 is 1. The summed E-state index contributed by atoms with van der Waals surface area (Å²) in [5, 5.41) is 11.4. The lowest BCUT2D eigenvalue weighted by Gasteiger charge is -2.22. The molecule has 1 amide bonds. The molecule has 0 bridgehead atoms. The van der Waals surface area contributed by atoms with Crippen LogP contribution >= 0.6 is 0 Å². The first-order chi connectivity index (χ1) is 9.54. The number of carboxylic acid groups (broad SMARTS) is 1. The molecule has 1 rings (SSSR count). The maximum Gasteiger partial charge on any atom is 0.328 e. The summed E-state index contributed by atoms with van der Waals surface area (Å²) in [4.78, 5) is 22.9. The average Bonchev–Trinajstić information content (AvgIpc) is 2.66. The van der Waals surface area contributed by atoms with Gasteiger partial charge < -0.3 is 19.9 Å². The van der Waals surface area contributed by atoms with Gasteiger partial charge in [-0.05, 0) is 19.8 Å². The summed E-state index contributed by atoms with van der Waals surface area (Å²) in [7, 11) is 1.40. The largest absolute Gasteiger partial charge is 0.480 e. The molecule has 0 radical (unpaired) electrons. The quantitative estimate of drug-likeness (QED) is 0.690. The summed E-state index contributed by atoms with van der Waals surface area (Å²) in [5.74, 6) is -1.51. The van der Waals surface area contributed by atoms with Crippen LogP contribution in [-0.4, -0.2) is 48.9 Å². The Morgan fingerprint density at radius 1 is 1.25 bits per heavy atom. The highest BCUT2D eigenvalue weighted by Crippen LogP contribution is 2.20. The standard InChI is InChI=1S/C14H25NO5/c1-10(20-11-7-5-3-4-6-8-11)13(16)15-12(9-19-2)14(17)18/h10-12H,3-9H2,1-2H3,(H,15,16)(H,17,18). The first-order valence-corrected chi connectivity index (χ1v) is 7.22. The van der Waals surface area contributed by atoms with Crippen LogP contribution in [-0.2, 0) is 19.1 Å². The second-order valence-electron chi connectivity index (χ2n) is 5.25. The number of rotatable bonds is 7. The van der Waals surface area contributed by atoms with Gasteiger partial charge in [0.2, 0.25) is 5.91 Å². The monoisotopic (exact) mass is 287 g/mol. The van der Waals surface area contributed by atoms with Gasteiger partial charge in [0.25, 0.3) is 0 Å². The van der Waals surface area contributed by atoms with Crippen LogP contribution in [0.4, 0.5) is 0 Å². The van der Waals surface area contributed by atoms with Crippen molar-refractivity contribution in [2.75, 3.05) is 13.7 Å². The number of carboxylic acids is 1. The number of carbonyl (C=O) groups is 2. The van der Waals surface area contributed by atoms with E-state index in [-0.39, 0.29) is 12.7 Å². The van der Waals surface area contributed by atoms with Crippen LogP contribution in [0.1, 0.15) is 45.4 Å². The van der Waals surface area contributed by atoms with Crippen LogP contribution in [0.15, 0.2) is 0 Å². The van der Waals surface area contributed by atoms with Crippen LogP contribution in [0.5, 0.6) is 0 Å². The SMILES string of the molecule is COCC(NC(=O)C(C)OC1CCCCCC1)C(=O)O. The van der Waals surface area contributed by atoms with Gasteiger partial charge in [0.1, 0.15) is 6.10 Å². The predicted molar refractivity (Wildman–Crippen MR) is 73.5 cm³/mol. The molecular weight excluding hydrogens is 262 g/mol. The first kappa shape index (κ1) is 16.9. The zero-order valence-corrected chi connectivity index (χ0v) is 12.3. The lowest BCUT2D eigenvalue weighted by molar-refractivity contribution is -0.146. The minimum Gasteiger partial charge on any atom is -0.480 e. The van der Waals surface area contributed by atoms with Crippen molar-refractivity contribution >= 4 is 11.9 Å². The first-order valence-electron chi connectivity index (χ1n) is 7.22. The Hall–Kier alpha value is -1.14. The van der Waals surface area contributed by atoms with Crippen molar-refractivity contribution in [3.8, 4) is 0 Å². The lowest BCUT2D eigenvalue weighted by atomic mass is 10.1. The van der Waals surface area contributed by atoms with E-state index in [1.807, 2.05) is 0 Å². The Bertz CT molecular complexity index is 313. The smallest absolute Gasteiger partial charge is 0.328 e. The zero-order chi connectivity index (χ0) is 15.0. The molecule has 0 aromatic heterocycles. The molecule has 6 heteroatoms. The van der Waals surface area contributed by atoms with Gasteiger partial charge >= 0.3 is 5.97 Å². The van der Waals surface area contributed by atoms with Gasteiger partial charge in [-0.3, -0.25) is 4.79 Å². The maximum absolute atomic E-state index is 11.9. The summed E-state index contributed by atoms with van der Waals surface area (Å²) >= 11 is 0. The van der Waals surface area contributed by atoms with Crippen LogP contribution in [0, 0.1) is 0 Å². The minimum atomic E-state index is -1.11. The lowest BCUT2D eigenvalue weighted by Crippen LogP contribution is -2.48. The van der Waals surface area contributed by atoms with Gasteiger partial charge in [0, 0.05) is 7.11 Å². The van der Waals surface area contributed by atoms with E-state index in [0.717, 1.165) is 25.7 Å². The van der Waals surface area contributed by atoms with Gasteiger partial charge in [0.15, 0.2) is 6.04 Å². The molecule has 2 unspecified atom stereocenters. The van der Waals surface area contributed by atoms with Crippen molar-refractivity contribution < 1.29 is 24.2 Å². The summed E-state index contributed by atoms with van der Waals surface area (Å²) in [5.41, 5.74) is 0. The third-order valence-electron chi connectivity index (χ3n) is 3.52. The normalized spacial score (nSPS) is 19.9. The van der Waals surface area contributed by atoms with Gasteiger partial charge in [-0.25, -0.2) is 4.79 Å². The minimum absolute atomic E-state index is 0.0583. The maximum atomic E-state index is 11.9. The Morgan fingerprint density at radius 2 is 1.85 bits per heavy atom. The molecule has 0 aliphatic heterocycles. The average molecular weight is 287 g/mol. The Labute approximate surface area is 119 Å². The molecule has 0 heterocycles. The number of hydrogen-bond donors (Lipinski definition) is 2. The van der Waals surface area contributed by atoms with Crippen molar-refractivity contribution in [2.24, 2.45) is 0 Å². The third kappa shape index (κ3) is 5.88. The molecule has 116 valence electrons. The number of hydrogen-bond acceptors (Lipinski definition) is 4. The Balaban J connectivity index is 2.42. The number of ether oxygens (including phenoxy) is 2. The van der Waals surface area contributed by atoms with E-state index in [4.69, 9.17) is 14.6 Å². The summed E-state index contributed by atoms with van der Waals surface area (Å²) in [6, 6.07) is -1.03. The molecule has 1 fully saturated rings. The topological polar surface area (TPSA) is 84.9 Å². The van der Waals surface area contributed by atoms with Crippen LogP contribution in [0.25, 0.3) is 0 Å². The van der Waals surface area contributed by atoms with E-state index in [1.54, 1.807) is 6.92 Å². The zero-order valence-electron chi connectivity index (χ0n) is 12.3. The van der Waals surface area contributed by atoms with E-state index in [1.165, 1.54) is 20.0 Å². The van der Waals surface area contributed by atoms with Crippen LogP contribution in [0.3, 0.4) is 0 Å². The number of aliphatic carboxylic acids is 1. The van der Waals surface area contributed by atoms with Crippen molar-refractivity contribution in [3.05, 3.63) is 0 Å². The van der Waals surface area contributed by atoms with Crippen molar-refractivity contribution in [1.82, 2.24) is 5.32 Å². The summed E-state index contributed by atoms with van der Waals surface area (Å²) in [6.07, 6.45) is 6.09. The molecule has 0 saturated heterocycles. The van der Waals surface area contributed by atoms with E-state index < -0.39 is 24.0 Å². The molecule has 2 atom stereocenters. The van der Waals surface area contributed by atoms with Gasteiger partial charge in [-0.1, -0.05) is 25.7 Å². The number of nitrogens with one attached hydrogen (secondary N) is 1. The molecular formula is C14H25NO5. The second-order valence-corrected chi connectivity index (χ2v) is 5.25. The van der Waals surface area contributed by atoms with Gasteiger partial charge in [0.05, 0.1) is 12.7 Å². The predicted octanol–water partition coefficient (Wildman–Crippen LogP) is 1.33. The molecule has 0 aromatic rings. The molecule has 1 aliphatic rings. The van der Waals surface area contributed by atoms with E-state index in [9.17, 15) is 9.59 Å². The van der Waals surface area contributed by atoms with E-state index >= 15 is 0 Å². The summed E-state index contributed by atoms with van der Waals surface area (Å²) < 4.78 is 10.5. The van der Waals surface area contributed by atoms with E-state index in [0.29, 0.717) is 0 Å². The Kier molecular flexibility index (Phi) is 7.54. The molecule has 6 nitrogen and oxygen atoms in total. The molecule has 0 aromatic carbocycles. The van der Waals surface area contributed by atoms with Crippen LogP contribution in [0.2, 0.25) is 0 Å². The van der Waals surface area contributed by atoms with E-state index in [2.05, 4.69) is 5.32 Å². The highest BCUT2D eigenvalue weighted by atomic mass is 16.5. The molecule has 20 heavy (non-hydrogen) atoms. The fraction of sp³-hybridized carbons (Fsp3) is 0.857. The Morgan fingerprint density at radius 3 is 2.35 bits per heavy atom. The summed E-state index contributed by atoms with van der Waals surface area (Å²) in [6.45, 7) is 1.60. The second kappa shape index (κ2) is 8.92. The van der Waals surface area contributed by atoms with Crippen molar-refractivity contribution in [3.63, 3.8) is 0 Å². The van der Waals surface area contributed by atoms with Crippen molar-refractivity contribution in [1.29, 1.82) is 0 Å². The van der Waals surface area contributed by atoms with Gasteiger partial charge in [-0.15, -0.1) is 0 Å². The number of carbonyl (C=O) groups excluding carboxylic acids is 1. The van der Waals surface area contributed by atoms with Crippen LogP contribution < -0.4 is 5.32 Å². The number of amides is 1. The van der Waals surface area contributed by atoms with Gasteiger partial charge in [-0.2, -0.15) is 0 Å². The molecule has 0 spiro atoms. The highest BCUT2D eigenvalue weighted by Gasteiger charge is 2.25. The highest BCUT2D eigenvalue weighted by molar-refractivity contribution is 5.86. The third-order valence-corrected chi connectivity index (χ3v) is 3.52. The fourth-order valence-corrected chi connectivity index (χ4v) is 2.36. The molecule has 2 N–H and O–H groups in total. The van der Waals surface area contributed by atoms with Crippen molar-refractivity contribution in [2.45, 2.75) is 63.7 Å². The molecule has 1 aliphatic carbocycles. The fourth-order valence-electron chi connectivity index (χ4n) is 2.36.